The summed E-state index contributed by atoms with van der Waals surface area (Å²) in [5.41, 5.74) is 3.27. The van der Waals surface area contributed by atoms with E-state index in [0.29, 0.717) is 0 Å². The van der Waals surface area contributed by atoms with E-state index in [1.54, 1.807) is 0 Å². The molecule has 0 unspecified atom stereocenters. The van der Waals surface area contributed by atoms with E-state index in [4.69, 9.17) is 4.98 Å². The topological polar surface area (TPSA) is 17.3 Å². The molecular formula is C27H16N2. The van der Waals surface area contributed by atoms with Gasteiger partial charge in [-0.3, -0.25) is 4.40 Å². The highest BCUT2D eigenvalue weighted by atomic mass is 15.0. The van der Waals surface area contributed by atoms with E-state index in [9.17, 15) is 0 Å². The third-order valence-electron chi connectivity index (χ3n) is 6.09. The molecule has 29 heavy (non-hydrogen) atoms. The van der Waals surface area contributed by atoms with E-state index in [-0.39, 0.29) is 0 Å². The molecule has 0 bridgehead atoms. The van der Waals surface area contributed by atoms with Crippen LogP contribution in [-0.2, 0) is 0 Å². The molecule has 2 heteroatoms. The lowest BCUT2D eigenvalue weighted by Crippen LogP contribution is -1.94. The Morgan fingerprint density at radius 1 is 0.517 bits per heavy atom. The molecule has 0 saturated heterocycles. The first-order valence-electron chi connectivity index (χ1n) is 9.91. The van der Waals surface area contributed by atoms with Gasteiger partial charge in [-0.1, -0.05) is 66.7 Å². The van der Waals surface area contributed by atoms with Gasteiger partial charge in [0.15, 0.2) is 0 Å². The highest BCUT2D eigenvalue weighted by Crippen LogP contribution is 2.37. The summed E-state index contributed by atoms with van der Waals surface area (Å²) in [6, 6.07) is 32.5. The highest BCUT2D eigenvalue weighted by molar-refractivity contribution is 6.22. The van der Waals surface area contributed by atoms with Gasteiger partial charge < -0.3 is 0 Å². The number of nitrogens with zero attached hydrogens (tertiary/aromatic N) is 2. The Morgan fingerprint density at radius 2 is 1.14 bits per heavy atom. The first-order chi connectivity index (χ1) is 14.4. The number of rotatable bonds is 0. The van der Waals surface area contributed by atoms with Crippen LogP contribution in [0.25, 0.3) is 59.8 Å². The maximum atomic E-state index is 5.09. The van der Waals surface area contributed by atoms with Crippen LogP contribution in [0, 0.1) is 0 Å². The monoisotopic (exact) mass is 368 g/mol. The van der Waals surface area contributed by atoms with Gasteiger partial charge >= 0.3 is 0 Å². The van der Waals surface area contributed by atoms with Gasteiger partial charge in [-0.2, -0.15) is 0 Å². The molecule has 4 aromatic carbocycles. The van der Waals surface area contributed by atoms with Crippen LogP contribution in [0.1, 0.15) is 0 Å². The van der Waals surface area contributed by atoms with Gasteiger partial charge in [0.25, 0.3) is 0 Å². The van der Waals surface area contributed by atoms with E-state index in [1.807, 2.05) is 0 Å². The first-order valence-corrected chi connectivity index (χ1v) is 9.91. The summed E-state index contributed by atoms with van der Waals surface area (Å²) in [5, 5.41) is 9.93. The number of benzene rings is 4. The van der Waals surface area contributed by atoms with Crippen molar-refractivity contribution in [2.75, 3.05) is 0 Å². The summed E-state index contributed by atoms with van der Waals surface area (Å²) in [5.74, 6) is 0. The van der Waals surface area contributed by atoms with Crippen molar-refractivity contribution in [3.8, 4) is 0 Å². The van der Waals surface area contributed by atoms with Crippen LogP contribution in [0.5, 0.6) is 0 Å². The van der Waals surface area contributed by atoms with Crippen molar-refractivity contribution in [1.29, 1.82) is 0 Å². The zero-order valence-corrected chi connectivity index (χ0v) is 15.6. The van der Waals surface area contributed by atoms with E-state index >= 15 is 0 Å². The van der Waals surface area contributed by atoms with Crippen molar-refractivity contribution >= 4 is 59.8 Å². The molecule has 7 rings (SSSR count). The Hall–Kier alpha value is -3.91. The maximum absolute atomic E-state index is 5.09. The molecule has 0 fully saturated rings. The van der Waals surface area contributed by atoms with Gasteiger partial charge in [-0.25, -0.2) is 4.98 Å². The normalized spacial score (nSPS) is 12.1. The predicted molar refractivity (Wildman–Crippen MR) is 123 cm³/mol. The van der Waals surface area contributed by atoms with Crippen molar-refractivity contribution in [2.45, 2.75) is 0 Å². The number of hydrogen-bond donors (Lipinski definition) is 0. The van der Waals surface area contributed by atoms with Crippen LogP contribution in [0.2, 0.25) is 0 Å². The number of fused-ring (bicyclic) bond motifs is 10. The van der Waals surface area contributed by atoms with E-state index in [2.05, 4.69) is 102 Å². The number of hydrogen-bond acceptors (Lipinski definition) is 1. The fourth-order valence-electron chi connectivity index (χ4n) is 4.75. The summed E-state index contributed by atoms with van der Waals surface area (Å²) >= 11 is 0. The Balaban J connectivity index is 1.86. The SMILES string of the molecule is c1ccc2cc3c(cc2c1)c1cc2ccccc2nc1n1cc2ccccc2c31. The van der Waals surface area contributed by atoms with Crippen LogP contribution in [0.3, 0.4) is 0 Å². The Bertz CT molecular complexity index is 1760. The first kappa shape index (κ1) is 15.1. The molecule has 0 spiro atoms. The molecule has 0 aliphatic heterocycles. The molecule has 0 radical (unpaired) electrons. The Morgan fingerprint density at radius 3 is 1.97 bits per heavy atom. The average molecular weight is 368 g/mol. The second-order valence-electron chi connectivity index (χ2n) is 7.73. The Kier molecular flexibility index (Phi) is 2.77. The largest absolute Gasteiger partial charge is 0.299 e. The summed E-state index contributed by atoms with van der Waals surface area (Å²) in [6.07, 6.45) is 2.23. The van der Waals surface area contributed by atoms with Crippen LogP contribution < -0.4 is 0 Å². The molecule has 0 saturated carbocycles. The fraction of sp³-hybridized carbons (Fsp3) is 0. The van der Waals surface area contributed by atoms with Gasteiger partial charge in [0.2, 0.25) is 0 Å². The van der Waals surface area contributed by atoms with Crippen LogP contribution in [-0.4, -0.2) is 9.38 Å². The van der Waals surface area contributed by atoms with Crippen LogP contribution in [0.15, 0.2) is 97.2 Å². The van der Waals surface area contributed by atoms with Gasteiger partial charge in [-0.15, -0.1) is 0 Å². The van der Waals surface area contributed by atoms with Gasteiger partial charge in [0.1, 0.15) is 5.65 Å². The summed E-state index contributed by atoms with van der Waals surface area (Å²) < 4.78 is 2.28. The van der Waals surface area contributed by atoms with Crippen LogP contribution >= 0.6 is 0 Å². The molecule has 0 N–H and O–H groups in total. The molecule has 0 amide bonds. The minimum atomic E-state index is 1.01. The zero-order chi connectivity index (χ0) is 18.9. The van der Waals surface area contributed by atoms with Gasteiger partial charge in [0, 0.05) is 33.1 Å². The second kappa shape index (κ2) is 5.33. The van der Waals surface area contributed by atoms with Crippen molar-refractivity contribution in [1.82, 2.24) is 9.38 Å². The van der Waals surface area contributed by atoms with Crippen molar-refractivity contribution in [3.05, 3.63) is 97.2 Å². The standard InChI is InChI=1S/C27H16N2/c1-2-8-18-14-23-22(13-17(18)7-1)24-15-19-9-4-6-12-25(19)28-27(24)29-16-20-10-3-5-11-21(20)26(23)29/h1-16H. The molecule has 3 aromatic heterocycles. The molecule has 0 atom stereocenters. The summed E-state index contributed by atoms with van der Waals surface area (Å²) in [6.45, 7) is 0. The number of pyridine rings is 2. The summed E-state index contributed by atoms with van der Waals surface area (Å²) in [4.78, 5) is 5.09. The third-order valence-corrected chi connectivity index (χ3v) is 6.09. The molecule has 134 valence electrons. The lowest BCUT2D eigenvalue weighted by Gasteiger charge is -2.11. The second-order valence-corrected chi connectivity index (χ2v) is 7.73. The highest BCUT2D eigenvalue weighted by Gasteiger charge is 2.15. The Labute approximate surface area is 166 Å². The van der Waals surface area contributed by atoms with E-state index < -0.39 is 0 Å². The van der Waals surface area contributed by atoms with Crippen molar-refractivity contribution < 1.29 is 0 Å². The van der Waals surface area contributed by atoms with Gasteiger partial charge in [0.05, 0.1) is 11.0 Å². The van der Waals surface area contributed by atoms with Gasteiger partial charge in [-0.05, 0) is 40.4 Å². The van der Waals surface area contributed by atoms with Crippen molar-refractivity contribution in [2.24, 2.45) is 0 Å². The quantitative estimate of drug-likeness (QED) is 0.206. The smallest absolute Gasteiger partial charge is 0.145 e. The molecule has 0 aliphatic carbocycles. The molecular weight excluding hydrogens is 352 g/mol. The molecule has 0 aliphatic rings. The molecule has 3 heterocycles. The fourth-order valence-corrected chi connectivity index (χ4v) is 4.75. The average Bonchev–Trinajstić information content (AvgIpc) is 3.17. The van der Waals surface area contributed by atoms with E-state index in [0.717, 1.165) is 11.2 Å². The van der Waals surface area contributed by atoms with Crippen LogP contribution in [0.4, 0.5) is 0 Å². The minimum absolute atomic E-state index is 1.01. The van der Waals surface area contributed by atoms with Crippen molar-refractivity contribution in [3.63, 3.8) is 0 Å². The lowest BCUT2D eigenvalue weighted by atomic mass is 9.99. The number of aromatic nitrogens is 2. The summed E-state index contributed by atoms with van der Waals surface area (Å²) in [7, 11) is 0. The zero-order valence-electron chi connectivity index (χ0n) is 15.6. The molecule has 2 nitrogen and oxygen atoms in total. The van der Waals surface area contributed by atoms with E-state index in [1.165, 1.54) is 48.6 Å². The number of para-hydroxylation sites is 1. The third kappa shape index (κ3) is 1.98. The maximum Gasteiger partial charge on any atom is 0.145 e. The minimum Gasteiger partial charge on any atom is -0.299 e. The molecule has 7 aromatic rings. The predicted octanol–water partition coefficient (Wildman–Crippen LogP) is 7.10. The lowest BCUT2D eigenvalue weighted by molar-refractivity contribution is 1.24.